The van der Waals surface area contributed by atoms with Gasteiger partial charge in [0.25, 0.3) is 0 Å². The number of hydrogen-bond donors (Lipinski definition) is 2. The number of anilines is 1. The molecule has 1 fully saturated rings. The molecule has 0 saturated carbocycles. The van der Waals surface area contributed by atoms with E-state index in [1.165, 1.54) is 4.57 Å². The molecule has 41 heavy (non-hydrogen) atoms. The Kier molecular flexibility index (Phi) is 8.68. The molecule has 0 radical (unpaired) electrons. The molecular formula is C32H35N3O6. The van der Waals surface area contributed by atoms with Gasteiger partial charge in [-0.25, -0.2) is 4.79 Å². The number of hydrogen-bond acceptors (Lipinski definition) is 8. The fraction of sp³-hybridized carbons (Fsp3) is 0.312. The van der Waals surface area contributed by atoms with Crippen LogP contribution in [0.15, 0.2) is 95.9 Å². The lowest BCUT2D eigenvalue weighted by molar-refractivity contribution is -0.0944. The van der Waals surface area contributed by atoms with Gasteiger partial charge < -0.3 is 29.4 Å². The van der Waals surface area contributed by atoms with Gasteiger partial charge >= 0.3 is 5.69 Å². The molecule has 3 aromatic carbocycles. The molecular weight excluding hydrogens is 522 g/mol. The summed E-state index contributed by atoms with van der Waals surface area (Å²) in [5.74, 6) is 1.95. The van der Waals surface area contributed by atoms with E-state index in [1.807, 2.05) is 85.8 Å². The van der Waals surface area contributed by atoms with Gasteiger partial charge in [0.15, 0.2) is 0 Å². The highest BCUT2D eigenvalue weighted by Crippen LogP contribution is 2.42. The largest absolute Gasteiger partial charge is 0.497 e. The third kappa shape index (κ3) is 5.83. The molecule has 0 bridgehead atoms. The fourth-order valence-electron chi connectivity index (χ4n) is 5.23. The molecule has 1 saturated heterocycles. The Bertz CT molecular complexity index is 1430. The second-order valence-electron chi connectivity index (χ2n) is 9.78. The average molecular weight is 558 g/mol. The van der Waals surface area contributed by atoms with Gasteiger partial charge in [-0.15, -0.1) is 0 Å². The van der Waals surface area contributed by atoms with Gasteiger partial charge in [-0.2, -0.15) is 4.98 Å². The number of rotatable bonds is 11. The predicted molar refractivity (Wildman–Crippen MR) is 155 cm³/mol. The average Bonchev–Trinajstić information content (AvgIpc) is 3.38. The molecule has 0 aliphatic carbocycles. The van der Waals surface area contributed by atoms with Crippen LogP contribution in [0.2, 0.25) is 0 Å². The minimum Gasteiger partial charge on any atom is -0.497 e. The van der Waals surface area contributed by atoms with Gasteiger partial charge in [0.2, 0.25) is 0 Å². The van der Waals surface area contributed by atoms with E-state index in [-0.39, 0.29) is 13.0 Å². The maximum absolute atomic E-state index is 12.7. The molecule has 5 rings (SSSR count). The van der Waals surface area contributed by atoms with E-state index in [1.54, 1.807) is 26.5 Å². The van der Waals surface area contributed by atoms with E-state index in [4.69, 9.17) is 18.9 Å². The summed E-state index contributed by atoms with van der Waals surface area (Å²) in [5, 5.41) is 14.0. The SMILES string of the molecule is CCNc1ccn([C@H]2C[C@H](O)[C@@H](COC(c3ccccc3)(c3ccc(OC)cc3)c3ccc(OC)cc3)O2)c(=O)n1. The first-order valence-electron chi connectivity index (χ1n) is 13.6. The molecule has 9 heteroatoms. The topological polar surface area (TPSA) is 104 Å². The van der Waals surface area contributed by atoms with E-state index in [0.29, 0.717) is 12.4 Å². The summed E-state index contributed by atoms with van der Waals surface area (Å²) < 4.78 is 25.3. The van der Waals surface area contributed by atoms with E-state index < -0.39 is 29.7 Å². The summed E-state index contributed by atoms with van der Waals surface area (Å²) in [6.07, 6.45) is -0.320. The first-order chi connectivity index (χ1) is 20.0. The minimum atomic E-state index is -1.05. The normalized spacial score (nSPS) is 18.7. The quantitative estimate of drug-likeness (QED) is 0.263. The van der Waals surface area contributed by atoms with E-state index >= 15 is 0 Å². The zero-order chi connectivity index (χ0) is 28.8. The summed E-state index contributed by atoms with van der Waals surface area (Å²) in [6, 6.07) is 27.1. The second kappa shape index (κ2) is 12.6. The number of nitrogens with zero attached hydrogens (tertiary/aromatic N) is 2. The Morgan fingerprint density at radius 3 is 2.05 bits per heavy atom. The molecule has 214 valence electrons. The summed E-state index contributed by atoms with van der Waals surface area (Å²) in [4.78, 5) is 16.8. The number of methoxy groups -OCH3 is 2. The van der Waals surface area contributed by atoms with Crippen LogP contribution in [-0.4, -0.2) is 54.2 Å². The van der Waals surface area contributed by atoms with Crippen LogP contribution in [0.4, 0.5) is 5.82 Å². The lowest BCUT2D eigenvalue weighted by atomic mass is 9.80. The monoisotopic (exact) mass is 557 g/mol. The molecule has 1 aromatic heterocycles. The van der Waals surface area contributed by atoms with Crippen molar-refractivity contribution in [2.75, 3.05) is 32.7 Å². The van der Waals surface area contributed by atoms with Crippen LogP contribution in [0.1, 0.15) is 36.3 Å². The predicted octanol–water partition coefficient (Wildman–Crippen LogP) is 4.35. The first kappa shape index (κ1) is 28.4. The number of ether oxygens (including phenoxy) is 4. The molecule has 2 N–H and O–H groups in total. The van der Waals surface area contributed by atoms with Gasteiger partial charge in [0, 0.05) is 19.2 Å². The summed E-state index contributed by atoms with van der Waals surface area (Å²) in [5.41, 5.74) is 1.15. The Morgan fingerprint density at radius 1 is 0.927 bits per heavy atom. The molecule has 0 amide bonds. The number of nitrogens with one attached hydrogen (secondary N) is 1. The zero-order valence-electron chi connectivity index (χ0n) is 23.4. The number of aliphatic hydroxyl groups is 1. The van der Waals surface area contributed by atoms with Crippen molar-refractivity contribution in [2.24, 2.45) is 0 Å². The van der Waals surface area contributed by atoms with Crippen molar-refractivity contribution >= 4 is 5.82 Å². The van der Waals surface area contributed by atoms with Crippen molar-refractivity contribution in [2.45, 2.75) is 37.4 Å². The number of benzene rings is 3. The molecule has 1 aliphatic rings. The van der Waals surface area contributed by atoms with Crippen molar-refractivity contribution in [3.63, 3.8) is 0 Å². The highest BCUT2D eigenvalue weighted by atomic mass is 16.6. The van der Waals surface area contributed by atoms with Gasteiger partial charge in [-0.3, -0.25) is 4.57 Å². The molecule has 0 unspecified atom stereocenters. The maximum Gasteiger partial charge on any atom is 0.351 e. The molecule has 3 atom stereocenters. The Balaban J connectivity index is 1.50. The van der Waals surface area contributed by atoms with Gasteiger partial charge in [0.05, 0.1) is 26.9 Å². The summed E-state index contributed by atoms with van der Waals surface area (Å²) in [7, 11) is 3.26. The Labute approximate surface area is 239 Å². The molecule has 4 aromatic rings. The molecule has 2 heterocycles. The van der Waals surface area contributed by atoms with Crippen LogP contribution in [0.3, 0.4) is 0 Å². The fourth-order valence-corrected chi connectivity index (χ4v) is 5.23. The van der Waals surface area contributed by atoms with Crippen LogP contribution in [0, 0.1) is 0 Å². The van der Waals surface area contributed by atoms with E-state index in [0.717, 1.165) is 28.2 Å². The van der Waals surface area contributed by atoms with E-state index in [2.05, 4.69) is 10.3 Å². The van der Waals surface area contributed by atoms with Crippen molar-refractivity contribution in [1.82, 2.24) is 9.55 Å². The zero-order valence-corrected chi connectivity index (χ0v) is 23.4. The van der Waals surface area contributed by atoms with Crippen LogP contribution >= 0.6 is 0 Å². The summed E-state index contributed by atoms with van der Waals surface area (Å²) >= 11 is 0. The third-order valence-electron chi connectivity index (χ3n) is 7.34. The van der Waals surface area contributed by atoms with Crippen molar-refractivity contribution in [3.05, 3.63) is 118 Å². The molecule has 9 nitrogen and oxygen atoms in total. The first-order valence-corrected chi connectivity index (χ1v) is 13.6. The number of aromatic nitrogens is 2. The van der Waals surface area contributed by atoms with Gasteiger partial charge in [-0.05, 0) is 53.9 Å². The lowest BCUT2D eigenvalue weighted by Gasteiger charge is -2.37. The Hall–Kier alpha value is -4.18. The maximum atomic E-state index is 12.7. The number of aliphatic hydroxyl groups excluding tert-OH is 1. The molecule has 1 aliphatic heterocycles. The summed E-state index contributed by atoms with van der Waals surface area (Å²) in [6.45, 7) is 2.64. The minimum absolute atomic E-state index is 0.0578. The van der Waals surface area contributed by atoms with Crippen molar-refractivity contribution < 1.29 is 24.1 Å². The standard InChI is InChI=1S/C32H35N3O6/c1-4-33-29-18-19-35(31(37)34-29)30-20-27(36)28(41-30)21-40-32(22-8-6-5-7-9-22,23-10-14-25(38-2)15-11-23)24-12-16-26(39-3)17-13-24/h5-19,27-28,30,36H,4,20-21H2,1-3H3,(H,33,34,37)/t27-,28+,30+/m0/s1. The highest BCUT2D eigenvalue weighted by Gasteiger charge is 2.42. The van der Waals surface area contributed by atoms with Crippen LogP contribution in [0.25, 0.3) is 0 Å². The third-order valence-corrected chi connectivity index (χ3v) is 7.34. The van der Waals surface area contributed by atoms with Crippen LogP contribution in [-0.2, 0) is 15.1 Å². The highest BCUT2D eigenvalue weighted by molar-refractivity contribution is 5.49. The van der Waals surface area contributed by atoms with Crippen LogP contribution < -0.4 is 20.5 Å². The second-order valence-corrected chi connectivity index (χ2v) is 9.78. The van der Waals surface area contributed by atoms with Crippen molar-refractivity contribution in [1.29, 1.82) is 0 Å². The van der Waals surface area contributed by atoms with E-state index in [9.17, 15) is 9.90 Å². The van der Waals surface area contributed by atoms with Gasteiger partial charge in [-0.1, -0.05) is 54.6 Å². The molecule has 0 spiro atoms. The Morgan fingerprint density at radius 2 is 1.51 bits per heavy atom. The van der Waals surface area contributed by atoms with Crippen molar-refractivity contribution in [3.8, 4) is 11.5 Å². The lowest BCUT2D eigenvalue weighted by Crippen LogP contribution is -2.38. The smallest absolute Gasteiger partial charge is 0.351 e. The van der Waals surface area contributed by atoms with Crippen LogP contribution in [0.5, 0.6) is 11.5 Å². The van der Waals surface area contributed by atoms with Gasteiger partial charge in [0.1, 0.15) is 35.2 Å².